The number of nitrogens with one attached hydrogen (secondary N) is 1. The average Bonchev–Trinajstić information content (AvgIpc) is 3.25. The standard InChI is InChI=1S/C20H19N5O4/c1-2-29-15-6-4-14(5-7-15)25-22-16-8-3-13(11-17(16)23-25)21-18-12-19(27)24(9-10-26)20(18)28/h3-8,11-12,21,26H,2,9-10H2,1H3. The highest BCUT2D eigenvalue weighted by molar-refractivity contribution is 6.17. The Kier molecular flexibility index (Phi) is 4.96. The molecule has 0 spiro atoms. The third-order valence-electron chi connectivity index (χ3n) is 4.37. The summed E-state index contributed by atoms with van der Waals surface area (Å²) in [5, 5.41) is 20.9. The number of aliphatic hydroxyl groups is 1. The highest BCUT2D eigenvalue weighted by Gasteiger charge is 2.30. The van der Waals surface area contributed by atoms with Gasteiger partial charge in [0.2, 0.25) is 0 Å². The lowest BCUT2D eigenvalue weighted by Gasteiger charge is -2.13. The first-order chi connectivity index (χ1) is 14.1. The van der Waals surface area contributed by atoms with E-state index in [9.17, 15) is 9.59 Å². The zero-order valence-electron chi connectivity index (χ0n) is 15.7. The predicted octanol–water partition coefficient (Wildman–Crippen LogP) is 1.48. The molecule has 2 amide bonds. The van der Waals surface area contributed by atoms with Crippen LogP contribution in [0.1, 0.15) is 6.92 Å². The number of amides is 2. The second kappa shape index (κ2) is 7.72. The van der Waals surface area contributed by atoms with Crippen molar-refractivity contribution in [2.24, 2.45) is 0 Å². The fraction of sp³-hybridized carbons (Fsp3) is 0.200. The summed E-state index contributed by atoms with van der Waals surface area (Å²) in [5.74, 6) is -0.144. The van der Waals surface area contributed by atoms with E-state index >= 15 is 0 Å². The van der Waals surface area contributed by atoms with Crippen LogP contribution in [0.3, 0.4) is 0 Å². The van der Waals surface area contributed by atoms with E-state index in [0.717, 1.165) is 16.3 Å². The minimum Gasteiger partial charge on any atom is -0.494 e. The molecule has 0 radical (unpaired) electrons. The minimum absolute atomic E-state index is 0.0329. The Morgan fingerprint density at radius 2 is 1.83 bits per heavy atom. The van der Waals surface area contributed by atoms with Gasteiger partial charge in [-0.3, -0.25) is 14.5 Å². The highest BCUT2D eigenvalue weighted by Crippen LogP contribution is 2.22. The number of nitrogens with zero attached hydrogens (tertiary/aromatic N) is 4. The van der Waals surface area contributed by atoms with Gasteiger partial charge >= 0.3 is 0 Å². The maximum atomic E-state index is 12.3. The molecule has 1 aliphatic rings. The van der Waals surface area contributed by atoms with Gasteiger partial charge in [0, 0.05) is 11.8 Å². The zero-order valence-corrected chi connectivity index (χ0v) is 15.7. The summed E-state index contributed by atoms with van der Waals surface area (Å²) in [5.41, 5.74) is 2.87. The van der Waals surface area contributed by atoms with E-state index in [-0.39, 0.29) is 18.8 Å². The van der Waals surface area contributed by atoms with Crippen molar-refractivity contribution in [1.82, 2.24) is 19.9 Å². The Labute approximate surface area is 166 Å². The van der Waals surface area contributed by atoms with Crippen LogP contribution in [-0.2, 0) is 9.59 Å². The molecule has 0 fully saturated rings. The number of carbonyl (C=O) groups is 2. The van der Waals surface area contributed by atoms with Gasteiger partial charge in [0.05, 0.1) is 25.4 Å². The van der Waals surface area contributed by atoms with Crippen LogP contribution in [0.15, 0.2) is 54.2 Å². The third-order valence-corrected chi connectivity index (χ3v) is 4.37. The predicted molar refractivity (Wildman–Crippen MR) is 106 cm³/mol. The summed E-state index contributed by atoms with van der Waals surface area (Å²) in [7, 11) is 0. The SMILES string of the molecule is CCOc1ccc(-n2nc3ccc(NC4=CC(=O)N(CCO)C4=O)cc3n2)cc1. The molecular weight excluding hydrogens is 374 g/mol. The number of aromatic nitrogens is 3. The van der Waals surface area contributed by atoms with Gasteiger partial charge in [0.25, 0.3) is 11.8 Å². The molecule has 1 aliphatic heterocycles. The van der Waals surface area contributed by atoms with Crippen molar-refractivity contribution < 1.29 is 19.4 Å². The van der Waals surface area contributed by atoms with E-state index < -0.39 is 11.8 Å². The molecule has 4 rings (SSSR count). The molecule has 0 atom stereocenters. The summed E-state index contributed by atoms with van der Waals surface area (Å²) in [6.45, 7) is 2.21. The van der Waals surface area contributed by atoms with Gasteiger partial charge in [-0.25, -0.2) is 0 Å². The zero-order chi connectivity index (χ0) is 20.4. The van der Waals surface area contributed by atoms with Crippen molar-refractivity contribution in [2.45, 2.75) is 6.92 Å². The maximum Gasteiger partial charge on any atom is 0.277 e. The Hall–Kier alpha value is -3.72. The van der Waals surface area contributed by atoms with E-state index in [4.69, 9.17) is 9.84 Å². The van der Waals surface area contributed by atoms with Crippen molar-refractivity contribution in [1.29, 1.82) is 0 Å². The van der Waals surface area contributed by atoms with Crippen LogP contribution in [0.25, 0.3) is 16.7 Å². The van der Waals surface area contributed by atoms with Gasteiger partial charge in [-0.15, -0.1) is 10.2 Å². The lowest BCUT2D eigenvalue weighted by Crippen LogP contribution is -2.34. The lowest BCUT2D eigenvalue weighted by molar-refractivity contribution is -0.137. The molecule has 2 heterocycles. The molecule has 2 N–H and O–H groups in total. The molecule has 0 saturated carbocycles. The van der Waals surface area contributed by atoms with Gasteiger partial charge in [-0.05, 0) is 49.4 Å². The largest absolute Gasteiger partial charge is 0.494 e. The molecule has 148 valence electrons. The van der Waals surface area contributed by atoms with Gasteiger partial charge in [0.1, 0.15) is 22.5 Å². The van der Waals surface area contributed by atoms with Crippen LogP contribution >= 0.6 is 0 Å². The smallest absolute Gasteiger partial charge is 0.277 e. The highest BCUT2D eigenvalue weighted by atomic mass is 16.5. The van der Waals surface area contributed by atoms with Crippen molar-refractivity contribution >= 4 is 28.5 Å². The normalized spacial score (nSPS) is 13.9. The molecule has 2 aromatic carbocycles. The average molecular weight is 393 g/mol. The number of carbonyl (C=O) groups excluding carboxylic acids is 2. The van der Waals surface area contributed by atoms with E-state index in [1.54, 1.807) is 18.2 Å². The molecule has 9 nitrogen and oxygen atoms in total. The van der Waals surface area contributed by atoms with Crippen molar-refractivity contribution in [3.63, 3.8) is 0 Å². The summed E-state index contributed by atoms with van der Waals surface area (Å²) in [6.07, 6.45) is 1.22. The Balaban J connectivity index is 1.55. The van der Waals surface area contributed by atoms with E-state index in [2.05, 4.69) is 15.5 Å². The van der Waals surface area contributed by atoms with Gasteiger partial charge < -0.3 is 15.2 Å². The molecule has 0 unspecified atom stereocenters. The second-order valence-corrected chi connectivity index (χ2v) is 6.32. The number of hydrogen-bond acceptors (Lipinski definition) is 7. The summed E-state index contributed by atoms with van der Waals surface area (Å²) < 4.78 is 5.44. The fourth-order valence-electron chi connectivity index (χ4n) is 3.02. The van der Waals surface area contributed by atoms with Crippen LogP contribution in [0.2, 0.25) is 0 Å². The van der Waals surface area contributed by atoms with Crippen LogP contribution in [0, 0.1) is 0 Å². The number of benzene rings is 2. The van der Waals surface area contributed by atoms with E-state index in [0.29, 0.717) is 23.3 Å². The molecule has 0 bridgehead atoms. The fourth-order valence-corrected chi connectivity index (χ4v) is 3.02. The third kappa shape index (κ3) is 3.67. The number of imide groups is 1. The van der Waals surface area contributed by atoms with Crippen LogP contribution in [0.4, 0.5) is 5.69 Å². The Morgan fingerprint density at radius 1 is 1.07 bits per heavy atom. The topological polar surface area (TPSA) is 110 Å². The number of ether oxygens (including phenoxy) is 1. The molecule has 29 heavy (non-hydrogen) atoms. The number of aliphatic hydroxyl groups excluding tert-OH is 1. The second-order valence-electron chi connectivity index (χ2n) is 6.32. The van der Waals surface area contributed by atoms with Gasteiger partial charge in [0.15, 0.2) is 0 Å². The summed E-state index contributed by atoms with van der Waals surface area (Å²) >= 11 is 0. The van der Waals surface area contributed by atoms with E-state index in [1.165, 1.54) is 10.9 Å². The van der Waals surface area contributed by atoms with Gasteiger partial charge in [-0.2, -0.15) is 4.80 Å². The molecule has 0 aliphatic carbocycles. The first-order valence-corrected chi connectivity index (χ1v) is 9.15. The van der Waals surface area contributed by atoms with E-state index in [1.807, 2.05) is 31.2 Å². The molecule has 1 aromatic heterocycles. The van der Waals surface area contributed by atoms with Gasteiger partial charge in [-0.1, -0.05) is 0 Å². The minimum atomic E-state index is -0.470. The first kappa shape index (κ1) is 18.6. The Bertz CT molecular complexity index is 1100. The monoisotopic (exact) mass is 393 g/mol. The number of hydrogen-bond donors (Lipinski definition) is 2. The molecule has 9 heteroatoms. The molecule has 0 saturated heterocycles. The molecular formula is C20H19N5O4. The Morgan fingerprint density at radius 3 is 2.55 bits per heavy atom. The number of anilines is 1. The number of rotatable bonds is 7. The number of fused-ring (bicyclic) bond motifs is 1. The quantitative estimate of drug-likeness (QED) is 0.585. The lowest BCUT2D eigenvalue weighted by atomic mass is 10.2. The number of β-amino-alcohol motifs (C(OH)–C–C–N with tert-alkyl or cyclic N) is 1. The van der Waals surface area contributed by atoms with Crippen molar-refractivity contribution in [2.75, 3.05) is 25.1 Å². The van der Waals surface area contributed by atoms with Crippen LogP contribution in [-0.4, -0.2) is 56.6 Å². The summed E-state index contributed by atoms with van der Waals surface area (Å²) in [4.78, 5) is 26.6. The first-order valence-electron chi connectivity index (χ1n) is 9.15. The van der Waals surface area contributed by atoms with Crippen LogP contribution in [0.5, 0.6) is 5.75 Å². The molecule has 3 aromatic rings. The summed E-state index contributed by atoms with van der Waals surface area (Å²) in [6, 6.07) is 12.7. The maximum absolute atomic E-state index is 12.3. The van der Waals surface area contributed by atoms with Crippen LogP contribution < -0.4 is 10.1 Å². The van der Waals surface area contributed by atoms with Crippen molar-refractivity contribution in [3.05, 3.63) is 54.2 Å². The van der Waals surface area contributed by atoms with Crippen molar-refractivity contribution in [3.8, 4) is 11.4 Å².